The highest BCUT2D eigenvalue weighted by Crippen LogP contribution is 2.27. The van der Waals surface area contributed by atoms with Crippen LogP contribution in [-0.4, -0.2) is 69.2 Å². The Kier molecular flexibility index (Phi) is 6.53. The molecule has 0 spiro atoms. The molecule has 1 saturated heterocycles. The molecule has 152 valence electrons. The summed E-state index contributed by atoms with van der Waals surface area (Å²) in [5.74, 6) is 0.214. The van der Waals surface area contributed by atoms with Gasteiger partial charge in [-0.1, -0.05) is 0 Å². The molecule has 2 aromatic rings. The van der Waals surface area contributed by atoms with E-state index in [-0.39, 0.29) is 11.9 Å². The number of aromatic nitrogens is 1. The number of esters is 1. The van der Waals surface area contributed by atoms with Crippen LogP contribution in [-0.2, 0) is 20.7 Å². The van der Waals surface area contributed by atoms with Crippen molar-refractivity contribution >= 4 is 23.0 Å². The zero-order valence-electron chi connectivity index (χ0n) is 16.6. The Morgan fingerprint density at radius 1 is 1.29 bits per heavy atom. The summed E-state index contributed by atoms with van der Waals surface area (Å²) in [5.41, 5.74) is 1.75. The van der Waals surface area contributed by atoms with Gasteiger partial charge in [-0.15, -0.1) is 0 Å². The third-order valence-corrected chi connectivity index (χ3v) is 4.90. The second-order valence-corrected chi connectivity index (χ2v) is 7.14. The molecule has 0 saturated carbocycles. The summed E-state index contributed by atoms with van der Waals surface area (Å²) < 4.78 is 17.0. The lowest BCUT2D eigenvalue weighted by Crippen LogP contribution is -2.23. The monoisotopic (exact) mass is 389 g/mol. The molecule has 1 aliphatic heterocycles. The zero-order chi connectivity index (χ0) is 20.1. The van der Waals surface area contributed by atoms with Gasteiger partial charge in [-0.3, -0.25) is 9.36 Å². The Labute approximate surface area is 164 Å². The lowest BCUT2D eigenvalue weighted by Gasteiger charge is -2.10. The van der Waals surface area contributed by atoms with Crippen LogP contribution in [0, 0.1) is 5.92 Å². The van der Waals surface area contributed by atoms with E-state index in [4.69, 9.17) is 14.2 Å². The fourth-order valence-corrected chi connectivity index (χ4v) is 3.28. The van der Waals surface area contributed by atoms with Gasteiger partial charge < -0.3 is 24.4 Å². The Bertz CT molecular complexity index is 840. The summed E-state index contributed by atoms with van der Waals surface area (Å²) >= 11 is 0. The number of nitrogens with one attached hydrogen (secondary N) is 1. The first-order valence-corrected chi connectivity index (χ1v) is 9.36. The molecule has 2 heterocycles. The van der Waals surface area contributed by atoms with Crippen LogP contribution in [0.5, 0.6) is 5.75 Å². The van der Waals surface area contributed by atoms with E-state index >= 15 is 0 Å². The van der Waals surface area contributed by atoms with Gasteiger partial charge in [0.05, 0.1) is 18.5 Å². The van der Waals surface area contributed by atoms with Crippen LogP contribution in [0.15, 0.2) is 24.4 Å². The van der Waals surface area contributed by atoms with Gasteiger partial charge in [0.25, 0.3) is 0 Å². The van der Waals surface area contributed by atoms with E-state index in [0.29, 0.717) is 6.54 Å². The number of carbonyl (C=O) groups is 2. The minimum Gasteiger partial charge on any atom is -0.497 e. The van der Waals surface area contributed by atoms with Crippen LogP contribution >= 0.6 is 0 Å². The molecule has 1 aliphatic rings. The number of hydrogen-bond donors (Lipinski definition) is 1. The molecule has 0 radical (unpaired) electrons. The molecule has 1 fully saturated rings. The average molecular weight is 389 g/mol. The number of rotatable bonds is 7. The number of carbonyl (C=O) groups excluding carboxylic acids is 2. The molecule has 1 aromatic heterocycles. The largest absolute Gasteiger partial charge is 0.497 e. The zero-order valence-corrected chi connectivity index (χ0v) is 16.6. The fraction of sp³-hybridized carbons (Fsp3) is 0.500. The van der Waals surface area contributed by atoms with E-state index in [2.05, 4.69) is 10.2 Å². The Hall–Kier alpha value is -2.58. The molecule has 28 heavy (non-hydrogen) atoms. The lowest BCUT2D eigenvalue weighted by molar-refractivity contribution is -0.156. The van der Waals surface area contributed by atoms with Gasteiger partial charge in [0.1, 0.15) is 5.75 Å². The number of benzene rings is 1. The van der Waals surface area contributed by atoms with E-state index in [9.17, 15) is 9.59 Å². The van der Waals surface area contributed by atoms with Crippen LogP contribution < -0.4 is 10.1 Å². The number of ether oxygens (including phenoxy) is 3. The number of methoxy groups -OCH3 is 1. The summed E-state index contributed by atoms with van der Waals surface area (Å²) in [6, 6.07) is 5.54. The molecule has 8 nitrogen and oxygen atoms in total. The van der Waals surface area contributed by atoms with Gasteiger partial charge in [-0.2, -0.15) is 0 Å². The summed E-state index contributed by atoms with van der Waals surface area (Å²) in [6.45, 7) is 1.86. The van der Waals surface area contributed by atoms with Crippen LogP contribution in [0.4, 0.5) is 4.79 Å². The van der Waals surface area contributed by atoms with Gasteiger partial charge >= 0.3 is 12.1 Å². The first kappa shape index (κ1) is 20.2. The molecule has 1 N–H and O–H groups in total. The molecule has 3 rings (SSSR count). The highest BCUT2D eigenvalue weighted by atomic mass is 16.7. The van der Waals surface area contributed by atoms with Crippen molar-refractivity contribution in [3.8, 4) is 5.75 Å². The van der Waals surface area contributed by atoms with Crippen molar-refractivity contribution in [1.82, 2.24) is 14.8 Å². The third kappa shape index (κ3) is 4.63. The maximum atomic E-state index is 12.6. The molecular weight excluding hydrogens is 362 g/mol. The number of likely N-dealkylation sites (N-methyl/N-ethyl adjacent to an activating group) is 1. The molecule has 1 atom stereocenters. The maximum Gasteiger partial charge on any atom is 0.421 e. The van der Waals surface area contributed by atoms with E-state index in [0.717, 1.165) is 48.1 Å². The normalized spacial score (nSPS) is 16.5. The fourth-order valence-electron chi connectivity index (χ4n) is 3.28. The highest BCUT2D eigenvalue weighted by molar-refractivity contribution is 5.92. The van der Waals surface area contributed by atoms with E-state index in [1.54, 1.807) is 19.4 Å². The maximum absolute atomic E-state index is 12.6. The summed E-state index contributed by atoms with van der Waals surface area (Å²) in [6.07, 6.45) is 2.72. The second-order valence-electron chi connectivity index (χ2n) is 7.14. The van der Waals surface area contributed by atoms with Crippen molar-refractivity contribution in [1.29, 1.82) is 0 Å². The van der Waals surface area contributed by atoms with Gasteiger partial charge in [-0.25, -0.2) is 4.79 Å². The van der Waals surface area contributed by atoms with Crippen molar-refractivity contribution in [3.63, 3.8) is 0 Å². The van der Waals surface area contributed by atoms with Crippen LogP contribution in [0.3, 0.4) is 0 Å². The Morgan fingerprint density at radius 3 is 2.79 bits per heavy atom. The van der Waals surface area contributed by atoms with Crippen molar-refractivity contribution in [3.05, 3.63) is 30.0 Å². The standard InChI is InChI=1S/C20H27N3O5/c1-22(2)9-7-15-12-23(18-5-4-16(26-3)10-17(15)18)20(25)28-13-27-19(24)14-6-8-21-11-14/h4-5,10,12,14,21H,6-9,11,13H2,1-3H3. The first-order chi connectivity index (χ1) is 13.5. The van der Waals surface area contributed by atoms with Gasteiger partial charge in [0, 0.05) is 24.7 Å². The molecule has 1 aromatic carbocycles. The predicted octanol–water partition coefficient (Wildman–Crippen LogP) is 1.85. The van der Waals surface area contributed by atoms with Gasteiger partial charge in [-0.05, 0) is 57.2 Å². The molecule has 8 heteroatoms. The minimum absolute atomic E-state index is 0.170. The Morgan fingerprint density at radius 2 is 2.11 bits per heavy atom. The number of hydrogen-bond acceptors (Lipinski definition) is 7. The SMILES string of the molecule is COc1ccc2c(c1)c(CCN(C)C)cn2C(=O)OCOC(=O)C1CCNC1. The van der Waals surface area contributed by atoms with Crippen LogP contribution in [0.1, 0.15) is 12.0 Å². The Balaban J connectivity index is 1.71. The van der Waals surface area contributed by atoms with Crippen molar-refractivity contribution in [2.24, 2.45) is 5.92 Å². The predicted molar refractivity (Wildman–Crippen MR) is 105 cm³/mol. The highest BCUT2D eigenvalue weighted by Gasteiger charge is 2.24. The van der Waals surface area contributed by atoms with E-state index < -0.39 is 12.9 Å². The molecule has 0 amide bonds. The van der Waals surface area contributed by atoms with Crippen LogP contribution in [0.2, 0.25) is 0 Å². The van der Waals surface area contributed by atoms with Crippen molar-refractivity contribution in [2.75, 3.05) is 47.6 Å². The quantitative estimate of drug-likeness (QED) is 0.572. The lowest BCUT2D eigenvalue weighted by atomic mass is 10.1. The molecule has 1 unspecified atom stereocenters. The molecular formula is C20H27N3O5. The smallest absolute Gasteiger partial charge is 0.421 e. The minimum atomic E-state index is -0.580. The van der Waals surface area contributed by atoms with Gasteiger partial charge in [0.2, 0.25) is 6.79 Å². The third-order valence-electron chi connectivity index (χ3n) is 4.90. The van der Waals surface area contributed by atoms with E-state index in [1.165, 1.54) is 4.57 Å². The topological polar surface area (TPSA) is 82.0 Å². The van der Waals surface area contributed by atoms with Crippen molar-refractivity contribution < 1.29 is 23.8 Å². The number of fused-ring (bicyclic) bond motifs is 1. The second kappa shape index (κ2) is 9.07. The molecule has 0 aliphatic carbocycles. The summed E-state index contributed by atoms with van der Waals surface area (Å²) in [5, 5.41) is 4.04. The van der Waals surface area contributed by atoms with Gasteiger partial charge in [0.15, 0.2) is 0 Å². The van der Waals surface area contributed by atoms with E-state index in [1.807, 2.05) is 26.2 Å². The number of nitrogens with zero attached hydrogens (tertiary/aromatic N) is 2. The first-order valence-electron chi connectivity index (χ1n) is 9.36. The average Bonchev–Trinajstić information content (AvgIpc) is 3.34. The summed E-state index contributed by atoms with van der Waals surface area (Å²) in [4.78, 5) is 26.6. The van der Waals surface area contributed by atoms with Crippen molar-refractivity contribution in [2.45, 2.75) is 12.8 Å². The summed E-state index contributed by atoms with van der Waals surface area (Å²) in [7, 11) is 5.62. The molecule has 0 bridgehead atoms. The van der Waals surface area contributed by atoms with Crippen LogP contribution in [0.25, 0.3) is 10.9 Å².